The predicted molar refractivity (Wildman–Crippen MR) is 43.9 cm³/mol. The number of esters is 2. The van der Waals surface area contributed by atoms with E-state index in [4.69, 9.17) is 15.1 Å². The van der Waals surface area contributed by atoms with Gasteiger partial charge in [-0.3, -0.25) is 0 Å². The number of alkyl halides is 6. The molecule has 0 spiro atoms. The van der Waals surface area contributed by atoms with E-state index in [9.17, 15) is 35.9 Å². The monoisotopic (exact) mass is 296 g/mol. The summed E-state index contributed by atoms with van der Waals surface area (Å²) in [6.07, 6.45) is -11.1. The zero-order valence-corrected chi connectivity index (χ0v) is 7.82. The molecule has 0 aliphatic carbocycles. The first-order valence-corrected chi connectivity index (χ1v) is 3.38. The van der Waals surface area contributed by atoms with E-state index in [1.807, 2.05) is 0 Å². The van der Waals surface area contributed by atoms with Crippen LogP contribution in [0.4, 0.5) is 26.3 Å². The van der Waals surface area contributed by atoms with E-state index >= 15 is 0 Å². The molecule has 0 fully saturated rings. The molecule has 0 bridgehead atoms. The van der Waals surface area contributed by atoms with Crippen molar-refractivity contribution in [2.75, 3.05) is 0 Å². The van der Waals surface area contributed by atoms with Gasteiger partial charge in [0.05, 0.1) is 0 Å². The first kappa shape index (κ1) is 23.2. The minimum atomic E-state index is -5.54. The summed E-state index contributed by atoms with van der Waals surface area (Å²) in [5.41, 5.74) is 0. The Balaban J connectivity index is -0.000000448. The van der Waals surface area contributed by atoms with Crippen LogP contribution in [0, 0.1) is 0 Å². The van der Waals surface area contributed by atoms with Crippen LogP contribution in [0.15, 0.2) is 0 Å². The van der Waals surface area contributed by atoms with E-state index in [0.29, 0.717) is 0 Å². The fraction of sp³-hybridized carbons (Fsp3) is 0.500. The van der Waals surface area contributed by atoms with Gasteiger partial charge >= 0.3 is 50.8 Å². The van der Waals surface area contributed by atoms with Crippen LogP contribution < -0.4 is 0 Å². The average molecular weight is 296 g/mol. The fourth-order valence-electron chi connectivity index (χ4n) is 0.294. The first-order chi connectivity index (χ1) is 7.74. The molecule has 0 saturated heterocycles. The Morgan fingerprint density at radius 3 is 1.05 bits per heavy atom. The van der Waals surface area contributed by atoms with Crippen LogP contribution in [0.5, 0.6) is 0 Å². The van der Waals surface area contributed by atoms with Gasteiger partial charge in [-0.2, -0.15) is 0 Å². The second-order valence-electron chi connectivity index (χ2n) is 2.02. The number of hydrogen-bond acceptors (Lipinski definition) is 7. The SMILES string of the molecule is O=C(OC(F)(F)F)C(=O)OC(F)(F)F.OB(O)O.[LiH]. The third-order valence-corrected chi connectivity index (χ3v) is 0.584. The molecule has 0 aromatic heterocycles. The quantitative estimate of drug-likeness (QED) is 0.214. The Hall–Kier alpha value is -0.938. The van der Waals surface area contributed by atoms with Gasteiger partial charge < -0.3 is 24.5 Å². The second-order valence-corrected chi connectivity index (χ2v) is 2.02. The van der Waals surface area contributed by atoms with Crippen molar-refractivity contribution in [3.05, 3.63) is 0 Å². The number of hydrogen-bond donors (Lipinski definition) is 3. The average Bonchev–Trinajstić information content (AvgIpc) is 1.95. The van der Waals surface area contributed by atoms with Crippen molar-refractivity contribution in [3.63, 3.8) is 0 Å². The van der Waals surface area contributed by atoms with Crippen molar-refractivity contribution in [1.29, 1.82) is 0 Å². The molecular weight excluding hydrogens is 292 g/mol. The topological polar surface area (TPSA) is 113 Å². The molecule has 15 heteroatoms. The van der Waals surface area contributed by atoms with Crippen molar-refractivity contribution in [1.82, 2.24) is 0 Å². The molecule has 108 valence electrons. The van der Waals surface area contributed by atoms with Gasteiger partial charge in [0, 0.05) is 0 Å². The van der Waals surface area contributed by atoms with Gasteiger partial charge in [-0.15, -0.1) is 26.3 Å². The van der Waals surface area contributed by atoms with Crippen LogP contribution >= 0.6 is 0 Å². The Morgan fingerprint density at radius 1 is 0.789 bits per heavy atom. The molecule has 7 nitrogen and oxygen atoms in total. The summed E-state index contributed by atoms with van der Waals surface area (Å²) >= 11 is 0. The third-order valence-electron chi connectivity index (χ3n) is 0.584. The normalized spacial score (nSPS) is 10.4. The second kappa shape index (κ2) is 9.04. The van der Waals surface area contributed by atoms with Crippen molar-refractivity contribution in [2.45, 2.75) is 12.7 Å². The number of ether oxygens (including phenoxy) is 2. The molecule has 0 atom stereocenters. The zero-order valence-electron chi connectivity index (χ0n) is 7.82. The summed E-state index contributed by atoms with van der Waals surface area (Å²) in [6, 6.07) is 0. The van der Waals surface area contributed by atoms with Crippen molar-refractivity contribution in [3.8, 4) is 0 Å². The summed E-state index contributed by atoms with van der Waals surface area (Å²) in [4.78, 5) is 19.8. The summed E-state index contributed by atoms with van der Waals surface area (Å²) in [5, 5.41) is 21.5. The van der Waals surface area contributed by atoms with Crippen molar-refractivity contribution >= 4 is 38.1 Å². The van der Waals surface area contributed by atoms with Gasteiger partial charge in [-0.1, -0.05) is 0 Å². The first-order valence-electron chi connectivity index (χ1n) is 3.38. The van der Waals surface area contributed by atoms with Crippen LogP contribution in [0.25, 0.3) is 0 Å². The van der Waals surface area contributed by atoms with Crippen LogP contribution in [0.3, 0.4) is 0 Å². The summed E-state index contributed by atoms with van der Waals surface area (Å²) < 4.78 is 71.7. The number of carbonyl (C=O) groups is 2. The maximum absolute atomic E-state index is 11.2. The van der Waals surface area contributed by atoms with Crippen LogP contribution in [0.1, 0.15) is 0 Å². The Morgan fingerprint density at radius 2 is 0.947 bits per heavy atom. The number of carbonyl (C=O) groups excluding carboxylic acids is 2. The van der Waals surface area contributed by atoms with Gasteiger partial charge in [0.25, 0.3) is 0 Å². The molecule has 0 rings (SSSR count). The van der Waals surface area contributed by atoms with Gasteiger partial charge in [-0.05, 0) is 0 Å². The van der Waals surface area contributed by atoms with E-state index in [2.05, 4.69) is 9.47 Å². The molecule has 19 heavy (non-hydrogen) atoms. The molecule has 0 aromatic rings. The molecule has 0 heterocycles. The van der Waals surface area contributed by atoms with E-state index < -0.39 is 32.0 Å². The van der Waals surface area contributed by atoms with Crippen molar-refractivity contribution in [2.24, 2.45) is 0 Å². The van der Waals surface area contributed by atoms with Crippen LogP contribution in [-0.2, 0) is 19.1 Å². The Kier molecular flexibility index (Phi) is 11.0. The van der Waals surface area contributed by atoms with Crippen LogP contribution in [0.2, 0.25) is 0 Å². The molecule has 3 N–H and O–H groups in total. The van der Waals surface area contributed by atoms with E-state index in [-0.39, 0.29) is 18.9 Å². The maximum atomic E-state index is 11.2. The Bertz CT molecular complexity index is 262. The molecule has 0 unspecified atom stereocenters. The van der Waals surface area contributed by atoms with Gasteiger partial charge in [-0.25, -0.2) is 9.59 Å². The van der Waals surface area contributed by atoms with Gasteiger partial charge in [0.1, 0.15) is 0 Å². The fourth-order valence-corrected chi connectivity index (χ4v) is 0.294. The molecule has 0 aliphatic heterocycles. The Labute approximate surface area is 112 Å². The third kappa shape index (κ3) is 22.7. The van der Waals surface area contributed by atoms with E-state index in [1.165, 1.54) is 0 Å². The molecule has 0 radical (unpaired) electrons. The summed E-state index contributed by atoms with van der Waals surface area (Å²) in [6.45, 7) is 0. The molecule has 0 amide bonds. The zero-order chi connectivity index (χ0) is 15.1. The predicted octanol–water partition coefficient (Wildman–Crippen LogP) is -1.59. The standard InChI is InChI=1S/C4F6O4.BH3O3.Li.H/c5-3(6,7)13-1(11)2(12)14-4(8,9)10;2-1(3)4;;/h;2-4H;;. The van der Waals surface area contributed by atoms with E-state index in [1.54, 1.807) is 0 Å². The van der Waals surface area contributed by atoms with Gasteiger partial charge in [0.2, 0.25) is 0 Å². The van der Waals surface area contributed by atoms with Crippen LogP contribution in [-0.4, -0.2) is 65.9 Å². The van der Waals surface area contributed by atoms with Gasteiger partial charge in [0.15, 0.2) is 0 Å². The summed E-state index contributed by atoms with van der Waals surface area (Å²) in [7, 11) is -2.17. The molecule has 0 aromatic carbocycles. The van der Waals surface area contributed by atoms with Crippen molar-refractivity contribution < 1.29 is 60.5 Å². The molecule has 0 saturated carbocycles. The molecular formula is C4H4BF6LiO7. The number of halogens is 6. The summed E-state index contributed by atoms with van der Waals surface area (Å²) in [5.74, 6) is -5.59. The minimum absolute atomic E-state index is 0. The number of rotatable bonds is 0. The van der Waals surface area contributed by atoms with E-state index in [0.717, 1.165) is 0 Å². The molecule has 0 aliphatic rings.